The quantitative estimate of drug-likeness (QED) is 0.230. The van der Waals surface area contributed by atoms with Crippen LogP contribution >= 0.6 is 11.6 Å². The van der Waals surface area contributed by atoms with E-state index in [0.29, 0.717) is 30.6 Å². The Morgan fingerprint density at radius 2 is 2.04 bits per heavy atom. The molecule has 0 aliphatic carbocycles. The van der Waals surface area contributed by atoms with Gasteiger partial charge in [-0.1, -0.05) is 48.9 Å². The lowest BCUT2D eigenvalue weighted by Crippen LogP contribution is -2.17. The van der Waals surface area contributed by atoms with Crippen LogP contribution in [0.5, 0.6) is 0 Å². The number of hydrogen-bond acceptors (Lipinski definition) is 4. The number of allylic oxidation sites excluding steroid dienone is 5. The van der Waals surface area contributed by atoms with Crippen LogP contribution in [0, 0.1) is 5.92 Å². The van der Waals surface area contributed by atoms with Crippen molar-refractivity contribution in [1.29, 1.82) is 0 Å². The van der Waals surface area contributed by atoms with Gasteiger partial charge in [0, 0.05) is 11.5 Å². The minimum absolute atomic E-state index is 0.0281. The standard InChI is InChI=1S/C22H35ClO4/c1-5-7-8-13-20(23)17-26-14-10-15-27-22(25)16-21(24)19(4)12-9-11-18(3)6-2/h5-7,12-13,18,21,24H,2,8-11,14-17H2,1,3-4H3/b7-5+,19-12+,20-13-/t18-,21-/m0/s1. The first-order chi connectivity index (χ1) is 12.9. The van der Waals surface area contributed by atoms with Crippen molar-refractivity contribution in [2.75, 3.05) is 19.8 Å². The molecule has 0 aliphatic rings. The molecule has 154 valence electrons. The molecule has 0 aromatic rings. The molecule has 27 heavy (non-hydrogen) atoms. The van der Waals surface area contributed by atoms with Gasteiger partial charge < -0.3 is 14.6 Å². The second-order valence-electron chi connectivity index (χ2n) is 6.54. The summed E-state index contributed by atoms with van der Waals surface area (Å²) in [5.41, 5.74) is 0.797. The zero-order valence-electron chi connectivity index (χ0n) is 17.0. The lowest BCUT2D eigenvalue weighted by Gasteiger charge is -2.12. The van der Waals surface area contributed by atoms with Gasteiger partial charge in [0.15, 0.2) is 0 Å². The third-order valence-electron chi connectivity index (χ3n) is 4.02. The highest BCUT2D eigenvalue weighted by Crippen LogP contribution is 2.12. The van der Waals surface area contributed by atoms with Gasteiger partial charge >= 0.3 is 5.97 Å². The summed E-state index contributed by atoms with van der Waals surface area (Å²) in [6, 6.07) is 0. The van der Waals surface area contributed by atoms with Crippen molar-refractivity contribution in [3.63, 3.8) is 0 Å². The van der Waals surface area contributed by atoms with Crippen LogP contribution in [0.15, 0.2) is 47.6 Å². The van der Waals surface area contributed by atoms with Crippen molar-refractivity contribution in [3.8, 4) is 0 Å². The normalized spacial score (nSPS) is 15.0. The predicted molar refractivity (Wildman–Crippen MR) is 113 cm³/mol. The second-order valence-corrected chi connectivity index (χ2v) is 7.03. The lowest BCUT2D eigenvalue weighted by molar-refractivity contribution is -0.145. The van der Waals surface area contributed by atoms with Gasteiger partial charge in [0.25, 0.3) is 0 Å². The zero-order chi connectivity index (χ0) is 20.5. The minimum Gasteiger partial charge on any atom is -0.466 e. The van der Waals surface area contributed by atoms with Gasteiger partial charge in [0.1, 0.15) is 0 Å². The highest BCUT2D eigenvalue weighted by Gasteiger charge is 2.13. The Kier molecular flexibility index (Phi) is 15.9. The van der Waals surface area contributed by atoms with Crippen LogP contribution in [0.3, 0.4) is 0 Å². The van der Waals surface area contributed by atoms with E-state index >= 15 is 0 Å². The van der Waals surface area contributed by atoms with Gasteiger partial charge in [-0.25, -0.2) is 0 Å². The third-order valence-corrected chi connectivity index (χ3v) is 4.29. The van der Waals surface area contributed by atoms with Crippen molar-refractivity contribution in [2.45, 2.75) is 59.0 Å². The SMILES string of the molecule is C=C[C@H](C)CC/C=C(\C)[C@@H](O)CC(=O)OCCCOC/C(Cl)=C/C/C=C/C. The third kappa shape index (κ3) is 15.4. The van der Waals surface area contributed by atoms with E-state index in [2.05, 4.69) is 13.5 Å². The minimum atomic E-state index is -0.797. The summed E-state index contributed by atoms with van der Waals surface area (Å²) >= 11 is 6.01. The summed E-state index contributed by atoms with van der Waals surface area (Å²) in [4.78, 5) is 11.8. The number of esters is 1. The maximum absolute atomic E-state index is 11.8. The average molecular weight is 399 g/mol. The molecule has 0 amide bonds. The maximum atomic E-state index is 11.8. The predicted octanol–water partition coefficient (Wildman–Crippen LogP) is 5.32. The smallest absolute Gasteiger partial charge is 0.308 e. The Labute approximate surface area is 169 Å². The van der Waals surface area contributed by atoms with Gasteiger partial charge in [-0.2, -0.15) is 0 Å². The molecule has 0 heterocycles. The first-order valence-corrected chi connectivity index (χ1v) is 9.94. The molecule has 0 radical (unpaired) electrons. The van der Waals surface area contributed by atoms with Gasteiger partial charge in [-0.15, -0.1) is 6.58 Å². The van der Waals surface area contributed by atoms with Crippen LogP contribution in [0.1, 0.15) is 52.9 Å². The van der Waals surface area contributed by atoms with Crippen molar-refractivity contribution in [1.82, 2.24) is 0 Å². The first-order valence-electron chi connectivity index (χ1n) is 9.57. The second kappa shape index (κ2) is 16.8. The van der Waals surface area contributed by atoms with Crippen molar-refractivity contribution in [3.05, 3.63) is 47.6 Å². The van der Waals surface area contributed by atoms with Crippen LogP contribution < -0.4 is 0 Å². The number of ether oxygens (including phenoxy) is 2. The fourth-order valence-corrected chi connectivity index (χ4v) is 2.28. The highest BCUT2D eigenvalue weighted by atomic mass is 35.5. The van der Waals surface area contributed by atoms with E-state index in [-0.39, 0.29) is 13.0 Å². The van der Waals surface area contributed by atoms with E-state index in [1.807, 2.05) is 44.2 Å². The van der Waals surface area contributed by atoms with Crippen molar-refractivity contribution >= 4 is 17.6 Å². The molecule has 1 N–H and O–H groups in total. The van der Waals surface area contributed by atoms with Gasteiger partial charge in [-0.3, -0.25) is 4.79 Å². The Morgan fingerprint density at radius 3 is 2.70 bits per heavy atom. The van der Waals surface area contributed by atoms with E-state index < -0.39 is 12.1 Å². The number of aliphatic hydroxyl groups excluding tert-OH is 1. The Balaban J connectivity index is 3.85. The van der Waals surface area contributed by atoms with Crippen LogP contribution in [-0.2, 0) is 14.3 Å². The van der Waals surface area contributed by atoms with E-state index in [4.69, 9.17) is 21.1 Å². The molecule has 0 aromatic heterocycles. The maximum Gasteiger partial charge on any atom is 0.308 e. The molecule has 0 fully saturated rings. The Bertz CT molecular complexity index is 508. The number of aliphatic hydroxyl groups is 1. The van der Waals surface area contributed by atoms with Crippen LogP contribution in [-0.4, -0.2) is 37.0 Å². The summed E-state index contributed by atoms with van der Waals surface area (Å²) in [5, 5.41) is 10.7. The molecular formula is C22H35ClO4. The largest absolute Gasteiger partial charge is 0.466 e. The van der Waals surface area contributed by atoms with Crippen molar-refractivity contribution < 1.29 is 19.4 Å². The molecule has 2 atom stereocenters. The molecule has 4 nitrogen and oxygen atoms in total. The lowest BCUT2D eigenvalue weighted by atomic mass is 10.0. The Morgan fingerprint density at radius 1 is 1.30 bits per heavy atom. The van der Waals surface area contributed by atoms with E-state index in [0.717, 1.165) is 24.8 Å². The molecule has 0 bridgehead atoms. The molecular weight excluding hydrogens is 364 g/mol. The topological polar surface area (TPSA) is 55.8 Å². The molecule has 0 aliphatic heterocycles. The van der Waals surface area contributed by atoms with Crippen molar-refractivity contribution in [2.24, 2.45) is 5.92 Å². The Hall–Kier alpha value is -1.36. The number of carbonyl (C=O) groups is 1. The van der Waals surface area contributed by atoms with E-state index in [9.17, 15) is 9.90 Å². The highest BCUT2D eigenvalue weighted by molar-refractivity contribution is 6.29. The molecule has 0 spiro atoms. The van der Waals surface area contributed by atoms with Gasteiger partial charge in [0.2, 0.25) is 0 Å². The summed E-state index contributed by atoms with van der Waals surface area (Å²) < 4.78 is 10.6. The van der Waals surface area contributed by atoms with Gasteiger partial charge in [0.05, 0.1) is 32.3 Å². The molecule has 0 aromatic carbocycles. The average Bonchev–Trinajstić information content (AvgIpc) is 2.64. The number of rotatable bonds is 15. The molecule has 0 rings (SSSR count). The molecule has 0 saturated heterocycles. The van der Waals surface area contributed by atoms with Crippen LogP contribution in [0.2, 0.25) is 0 Å². The first kappa shape index (κ1) is 25.6. The molecule has 5 heteroatoms. The fourth-order valence-electron chi connectivity index (χ4n) is 2.11. The number of halogens is 1. The summed E-state index contributed by atoms with van der Waals surface area (Å²) in [6.45, 7) is 10.7. The number of carbonyl (C=O) groups excluding carboxylic acids is 1. The van der Waals surface area contributed by atoms with Crippen LogP contribution in [0.4, 0.5) is 0 Å². The molecule has 0 unspecified atom stereocenters. The summed E-state index contributed by atoms with van der Waals surface area (Å²) in [5.74, 6) is 0.0379. The van der Waals surface area contributed by atoms with E-state index in [1.54, 1.807) is 0 Å². The van der Waals surface area contributed by atoms with Gasteiger partial charge in [-0.05, 0) is 44.6 Å². The van der Waals surface area contributed by atoms with E-state index in [1.165, 1.54) is 0 Å². The van der Waals surface area contributed by atoms with Crippen LogP contribution in [0.25, 0.3) is 0 Å². The summed E-state index contributed by atoms with van der Waals surface area (Å²) in [7, 11) is 0. The summed E-state index contributed by atoms with van der Waals surface area (Å²) in [6.07, 6.45) is 12.1. The zero-order valence-corrected chi connectivity index (χ0v) is 17.7. The monoisotopic (exact) mass is 398 g/mol. The number of hydrogen-bond donors (Lipinski definition) is 1. The molecule has 0 saturated carbocycles. The fraction of sp³-hybridized carbons (Fsp3) is 0.591.